The van der Waals surface area contributed by atoms with E-state index in [0.29, 0.717) is 0 Å². The van der Waals surface area contributed by atoms with Crippen molar-refractivity contribution in [1.82, 2.24) is 19.3 Å². The lowest BCUT2D eigenvalue weighted by Gasteiger charge is -2.13. The molecule has 0 saturated carbocycles. The molecule has 5 nitrogen and oxygen atoms in total. The molecule has 3 rings (SSSR count). The second kappa shape index (κ2) is 5.94. The zero-order valence-electron chi connectivity index (χ0n) is 13.2. The van der Waals surface area contributed by atoms with Gasteiger partial charge in [0.2, 0.25) is 0 Å². The monoisotopic (exact) mass is 338 g/mol. The van der Waals surface area contributed by atoms with Crippen molar-refractivity contribution in [2.75, 3.05) is 0 Å². The molecule has 0 fully saturated rings. The maximum absolute atomic E-state index is 12.5. The molecule has 0 spiro atoms. The molecule has 24 heavy (non-hydrogen) atoms. The van der Waals surface area contributed by atoms with Crippen LogP contribution in [0.25, 0.3) is 11.0 Å². The van der Waals surface area contributed by atoms with E-state index in [4.69, 9.17) is 0 Å². The minimum atomic E-state index is -4.48. The number of hydrogen-bond donors (Lipinski definition) is 1. The maximum Gasteiger partial charge on any atom is 0.435 e. The molecule has 0 aliphatic rings. The second-order valence-electron chi connectivity index (χ2n) is 5.90. The first-order chi connectivity index (χ1) is 11.2. The van der Waals surface area contributed by atoms with Gasteiger partial charge in [0.15, 0.2) is 5.69 Å². The van der Waals surface area contributed by atoms with Crippen molar-refractivity contribution in [1.29, 1.82) is 0 Å². The first kappa shape index (κ1) is 16.5. The Balaban J connectivity index is 1.74. The predicted octanol–water partition coefficient (Wildman–Crippen LogP) is 2.93. The van der Waals surface area contributed by atoms with Gasteiger partial charge in [-0.1, -0.05) is 0 Å². The van der Waals surface area contributed by atoms with Crippen LogP contribution in [0.5, 0.6) is 0 Å². The van der Waals surface area contributed by atoms with E-state index in [2.05, 4.69) is 10.1 Å². The molecule has 0 saturated heterocycles. The Kier molecular flexibility index (Phi) is 4.08. The van der Waals surface area contributed by atoms with Crippen molar-refractivity contribution in [2.45, 2.75) is 39.2 Å². The highest BCUT2D eigenvalue weighted by atomic mass is 19.4. The Bertz CT molecular complexity index is 866. The SMILES string of the molecule is Cc1cc2ncn(C[C@H](O)Cn3ccc(C(F)(F)F)n3)c2cc1C. The molecular formula is C16H17F3N4O. The maximum atomic E-state index is 12.5. The molecule has 0 aliphatic carbocycles. The molecule has 0 aliphatic heterocycles. The molecule has 0 unspecified atom stereocenters. The van der Waals surface area contributed by atoms with Crippen LogP contribution in [0.1, 0.15) is 16.8 Å². The molecule has 0 bridgehead atoms. The molecule has 8 heteroatoms. The van der Waals surface area contributed by atoms with Crippen molar-refractivity contribution in [3.63, 3.8) is 0 Å². The van der Waals surface area contributed by atoms with E-state index in [-0.39, 0.29) is 13.1 Å². The van der Waals surface area contributed by atoms with Gasteiger partial charge in [-0.2, -0.15) is 18.3 Å². The second-order valence-corrected chi connectivity index (χ2v) is 5.90. The van der Waals surface area contributed by atoms with Crippen LogP contribution >= 0.6 is 0 Å². The number of nitrogens with zero attached hydrogens (tertiary/aromatic N) is 4. The summed E-state index contributed by atoms with van der Waals surface area (Å²) in [6.07, 6.45) is -2.53. The van der Waals surface area contributed by atoms with Gasteiger partial charge in [0, 0.05) is 6.20 Å². The third-order valence-electron chi connectivity index (χ3n) is 3.97. The summed E-state index contributed by atoms with van der Waals surface area (Å²) in [5.74, 6) is 0. The van der Waals surface area contributed by atoms with E-state index in [1.54, 1.807) is 10.9 Å². The third-order valence-corrected chi connectivity index (χ3v) is 3.97. The fourth-order valence-corrected chi connectivity index (χ4v) is 2.57. The fourth-order valence-electron chi connectivity index (χ4n) is 2.57. The Morgan fingerprint density at radius 3 is 2.54 bits per heavy atom. The number of aryl methyl sites for hydroxylation is 2. The fraction of sp³-hybridized carbons (Fsp3) is 0.375. The highest BCUT2D eigenvalue weighted by Gasteiger charge is 2.33. The Morgan fingerprint density at radius 1 is 1.17 bits per heavy atom. The average Bonchev–Trinajstić information content (AvgIpc) is 3.08. The van der Waals surface area contributed by atoms with Gasteiger partial charge in [-0.15, -0.1) is 0 Å². The molecule has 2 aromatic heterocycles. The lowest BCUT2D eigenvalue weighted by atomic mass is 10.1. The molecule has 1 aromatic carbocycles. The van der Waals surface area contributed by atoms with Crippen LogP contribution in [0, 0.1) is 13.8 Å². The summed E-state index contributed by atoms with van der Waals surface area (Å²) in [7, 11) is 0. The molecule has 0 amide bonds. The number of halogens is 3. The average molecular weight is 338 g/mol. The highest BCUT2D eigenvalue weighted by molar-refractivity contribution is 5.77. The minimum absolute atomic E-state index is 0.0272. The van der Waals surface area contributed by atoms with Gasteiger partial charge in [-0.25, -0.2) is 4.98 Å². The first-order valence-electron chi connectivity index (χ1n) is 7.45. The third kappa shape index (κ3) is 3.28. The van der Waals surface area contributed by atoms with Crippen LogP contribution in [0.4, 0.5) is 13.2 Å². The summed E-state index contributed by atoms with van der Waals surface area (Å²) in [5.41, 5.74) is 2.98. The van der Waals surface area contributed by atoms with Gasteiger partial charge in [-0.05, 0) is 43.2 Å². The zero-order valence-corrected chi connectivity index (χ0v) is 13.2. The number of hydrogen-bond acceptors (Lipinski definition) is 3. The largest absolute Gasteiger partial charge is 0.435 e. The van der Waals surface area contributed by atoms with E-state index in [0.717, 1.165) is 32.9 Å². The van der Waals surface area contributed by atoms with Crippen LogP contribution in [0.2, 0.25) is 0 Å². The number of aliphatic hydroxyl groups is 1. The smallest absolute Gasteiger partial charge is 0.389 e. The quantitative estimate of drug-likeness (QED) is 0.796. The summed E-state index contributed by atoms with van der Waals surface area (Å²) in [6.45, 7) is 4.18. The zero-order chi connectivity index (χ0) is 17.5. The normalized spacial score (nSPS) is 13.6. The Hall–Kier alpha value is -2.35. The standard InChI is InChI=1S/C16H17F3N4O/c1-10-5-13-14(6-11(10)2)22(9-20-13)7-12(24)8-23-4-3-15(21-23)16(17,18)19/h3-6,9,12,24H,7-8H2,1-2H3/t12-/m0/s1. The summed E-state index contributed by atoms with van der Waals surface area (Å²) in [5, 5.41) is 13.6. The van der Waals surface area contributed by atoms with Gasteiger partial charge in [0.25, 0.3) is 0 Å². The van der Waals surface area contributed by atoms with Crippen molar-refractivity contribution >= 4 is 11.0 Å². The summed E-state index contributed by atoms with van der Waals surface area (Å²) in [4.78, 5) is 4.30. The summed E-state index contributed by atoms with van der Waals surface area (Å²) >= 11 is 0. The van der Waals surface area contributed by atoms with Gasteiger partial charge < -0.3 is 9.67 Å². The van der Waals surface area contributed by atoms with Crippen LogP contribution in [-0.2, 0) is 19.3 Å². The molecule has 1 N–H and O–H groups in total. The molecule has 2 heterocycles. The number of rotatable bonds is 4. The number of benzene rings is 1. The predicted molar refractivity (Wildman–Crippen MR) is 82.4 cm³/mol. The molecular weight excluding hydrogens is 321 g/mol. The van der Waals surface area contributed by atoms with Gasteiger partial charge in [0.1, 0.15) is 0 Å². The van der Waals surface area contributed by atoms with E-state index in [1.165, 1.54) is 6.20 Å². The Labute approximate surface area is 136 Å². The van der Waals surface area contributed by atoms with Crippen LogP contribution < -0.4 is 0 Å². The van der Waals surface area contributed by atoms with E-state index < -0.39 is 18.0 Å². The molecule has 3 aromatic rings. The lowest BCUT2D eigenvalue weighted by molar-refractivity contribution is -0.141. The van der Waals surface area contributed by atoms with Gasteiger partial charge >= 0.3 is 6.18 Å². The topological polar surface area (TPSA) is 55.9 Å². The van der Waals surface area contributed by atoms with Gasteiger partial charge in [-0.3, -0.25) is 4.68 Å². The number of aromatic nitrogens is 4. The van der Waals surface area contributed by atoms with Crippen LogP contribution in [0.3, 0.4) is 0 Å². The van der Waals surface area contributed by atoms with Crippen molar-refractivity contribution in [2.24, 2.45) is 0 Å². The number of aliphatic hydroxyl groups excluding tert-OH is 1. The van der Waals surface area contributed by atoms with Crippen molar-refractivity contribution < 1.29 is 18.3 Å². The van der Waals surface area contributed by atoms with Crippen molar-refractivity contribution in [3.8, 4) is 0 Å². The Morgan fingerprint density at radius 2 is 1.88 bits per heavy atom. The minimum Gasteiger partial charge on any atom is -0.389 e. The summed E-state index contributed by atoms with van der Waals surface area (Å²) < 4.78 is 40.5. The van der Waals surface area contributed by atoms with E-state index in [1.807, 2.05) is 26.0 Å². The number of imidazole rings is 1. The first-order valence-corrected chi connectivity index (χ1v) is 7.45. The van der Waals surface area contributed by atoms with E-state index >= 15 is 0 Å². The lowest BCUT2D eigenvalue weighted by Crippen LogP contribution is -2.22. The van der Waals surface area contributed by atoms with Crippen molar-refractivity contribution in [3.05, 3.63) is 47.5 Å². The van der Waals surface area contributed by atoms with Crippen LogP contribution in [-0.4, -0.2) is 30.5 Å². The number of fused-ring (bicyclic) bond motifs is 1. The van der Waals surface area contributed by atoms with Gasteiger partial charge in [0.05, 0.1) is 36.6 Å². The van der Waals surface area contributed by atoms with E-state index in [9.17, 15) is 18.3 Å². The summed E-state index contributed by atoms with van der Waals surface area (Å²) in [6, 6.07) is 4.85. The number of alkyl halides is 3. The molecule has 1 atom stereocenters. The highest BCUT2D eigenvalue weighted by Crippen LogP contribution is 2.27. The van der Waals surface area contributed by atoms with Crippen LogP contribution in [0.15, 0.2) is 30.7 Å². The molecule has 0 radical (unpaired) electrons. The molecule has 128 valence electrons.